The Morgan fingerprint density at radius 2 is 2.00 bits per heavy atom. The molecule has 2 rings (SSSR count). The Balaban J connectivity index is 2.31. The first-order chi connectivity index (χ1) is 8.09. The second kappa shape index (κ2) is 4.71. The fourth-order valence-electron chi connectivity index (χ4n) is 1.52. The van der Waals surface area contributed by atoms with Crippen LogP contribution in [0.3, 0.4) is 0 Å². The van der Waals surface area contributed by atoms with Crippen LogP contribution in [-0.2, 0) is 4.79 Å². The standard InChI is InChI=1S/C12H11BrN2O2/c1-8(12(16)17)9-2-4-10(5-3-9)15-11(13)6-7-14-15/h2-8H,1H3,(H,16,17). The largest absolute Gasteiger partial charge is 0.481 e. The van der Waals surface area contributed by atoms with Crippen molar-refractivity contribution in [2.24, 2.45) is 0 Å². The molecule has 1 heterocycles. The van der Waals surface area contributed by atoms with Crippen LogP contribution in [0.15, 0.2) is 41.1 Å². The Morgan fingerprint density at radius 3 is 2.47 bits per heavy atom. The molecule has 0 fully saturated rings. The minimum absolute atomic E-state index is 0.495. The first-order valence-electron chi connectivity index (χ1n) is 5.12. The minimum atomic E-state index is -0.821. The lowest BCUT2D eigenvalue weighted by atomic mass is 10.0. The maximum absolute atomic E-state index is 10.8. The van der Waals surface area contributed by atoms with Crippen LogP contribution < -0.4 is 0 Å². The highest BCUT2D eigenvalue weighted by Crippen LogP contribution is 2.20. The molecular weight excluding hydrogens is 284 g/mol. The van der Waals surface area contributed by atoms with Crippen molar-refractivity contribution in [1.82, 2.24) is 9.78 Å². The van der Waals surface area contributed by atoms with E-state index in [9.17, 15) is 4.79 Å². The molecule has 5 heteroatoms. The van der Waals surface area contributed by atoms with Gasteiger partial charge < -0.3 is 5.11 Å². The Morgan fingerprint density at radius 1 is 1.35 bits per heavy atom. The van der Waals surface area contributed by atoms with Crippen LogP contribution in [0.1, 0.15) is 18.4 Å². The van der Waals surface area contributed by atoms with E-state index in [4.69, 9.17) is 5.11 Å². The number of hydrogen-bond donors (Lipinski definition) is 1. The predicted octanol–water partition coefficient (Wildman–Crippen LogP) is 2.82. The summed E-state index contributed by atoms with van der Waals surface area (Å²) in [7, 11) is 0. The summed E-state index contributed by atoms with van der Waals surface area (Å²) < 4.78 is 2.59. The smallest absolute Gasteiger partial charge is 0.310 e. The molecule has 0 radical (unpaired) electrons. The van der Waals surface area contributed by atoms with E-state index in [1.54, 1.807) is 17.8 Å². The Kier molecular flexibility index (Phi) is 3.28. The number of benzene rings is 1. The molecule has 17 heavy (non-hydrogen) atoms. The van der Waals surface area contributed by atoms with Gasteiger partial charge in [0.1, 0.15) is 4.60 Å². The zero-order chi connectivity index (χ0) is 12.4. The summed E-state index contributed by atoms with van der Waals surface area (Å²) in [5, 5.41) is 13.1. The molecule has 1 aromatic carbocycles. The molecule has 1 unspecified atom stereocenters. The van der Waals surface area contributed by atoms with Crippen LogP contribution >= 0.6 is 15.9 Å². The minimum Gasteiger partial charge on any atom is -0.481 e. The van der Waals surface area contributed by atoms with Crippen molar-refractivity contribution in [3.8, 4) is 5.69 Å². The van der Waals surface area contributed by atoms with Crippen LogP contribution in [0, 0.1) is 0 Å². The molecule has 0 saturated carbocycles. The lowest BCUT2D eigenvalue weighted by Gasteiger charge is -2.08. The van der Waals surface area contributed by atoms with Gasteiger partial charge in [-0.1, -0.05) is 12.1 Å². The highest BCUT2D eigenvalue weighted by atomic mass is 79.9. The summed E-state index contributed by atoms with van der Waals surface area (Å²) in [6.45, 7) is 1.67. The first kappa shape index (κ1) is 11.9. The molecule has 0 aliphatic carbocycles. The predicted molar refractivity (Wildman–Crippen MR) is 67.3 cm³/mol. The monoisotopic (exact) mass is 294 g/mol. The van der Waals surface area contributed by atoms with Gasteiger partial charge in [-0.3, -0.25) is 4.79 Å². The van der Waals surface area contributed by atoms with E-state index in [2.05, 4.69) is 21.0 Å². The van der Waals surface area contributed by atoms with Crippen molar-refractivity contribution in [1.29, 1.82) is 0 Å². The molecular formula is C12H11BrN2O2. The van der Waals surface area contributed by atoms with Crippen molar-refractivity contribution < 1.29 is 9.90 Å². The Bertz CT molecular complexity index is 534. The quantitative estimate of drug-likeness (QED) is 0.947. The Labute approximate surface area is 107 Å². The zero-order valence-electron chi connectivity index (χ0n) is 9.17. The van der Waals surface area contributed by atoms with Gasteiger partial charge in [-0.15, -0.1) is 0 Å². The molecule has 0 aliphatic heterocycles. The first-order valence-corrected chi connectivity index (χ1v) is 5.91. The van der Waals surface area contributed by atoms with Crippen molar-refractivity contribution >= 4 is 21.9 Å². The van der Waals surface area contributed by atoms with Crippen molar-refractivity contribution in [2.75, 3.05) is 0 Å². The SMILES string of the molecule is CC(C(=O)O)c1ccc(-n2nccc2Br)cc1. The van der Waals surface area contributed by atoms with Gasteiger partial charge in [0, 0.05) is 0 Å². The lowest BCUT2D eigenvalue weighted by Crippen LogP contribution is -2.07. The molecule has 0 aliphatic rings. The van der Waals surface area contributed by atoms with E-state index >= 15 is 0 Å². The third kappa shape index (κ3) is 2.39. The topological polar surface area (TPSA) is 55.1 Å². The number of aliphatic carboxylic acids is 1. The van der Waals surface area contributed by atoms with Crippen LogP contribution in [0.25, 0.3) is 5.69 Å². The number of carbonyl (C=O) groups is 1. The second-order valence-electron chi connectivity index (χ2n) is 3.72. The van der Waals surface area contributed by atoms with Gasteiger partial charge in [0.2, 0.25) is 0 Å². The molecule has 0 saturated heterocycles. The molecule has 1 atom stereocenters. The van der Waals surface area contributed by atoms with Gasteiger partial charge in [0.15, 0.2) is 0 Å². The van der Waals surface area contributed by atoms with Gasteiger partial charge in [-0.25, -0.2) is 4.68 Å². The van der Waals surface area contributed by atoms with Gasteiger partial charge in [-0.2, -0.15) is 5.10 Å². The number of rotatable bonds is 3. The van der Waals surface area contributed by atoms with Crippen molar-refractivity contribution in [2.45, 2.75) is 12.8 Å². The number of halogens is 1. The lowest BCUT2D eigenvalue weighted by molar-refractivity contribution is -0.138. The normalized spacial score (nSPS) is 12.4. The maximum Gasteiger partial charge on any atom is 0.310 e. The number of aromatic nitrogens is 2. The highest BCUT2D eigenvalue weighted by molar-refractivity contribution is 9.10. The van der Waals surface area contributed by atoms with Gasteiger partial charge in [0.25, 0.3) is 0 Å². The summed E-state index contributed by atoms with van der Waals surface area (Å²) in [6, 6.07) is 9.16. The van der Waals surface area contributed by atoms with E-state index < -0.39 is 11.9 Å². The third-order valence-electron chi connectivity index (χ3n) is 2.60. The number of nitrogens with zero attached hydrogens (tertiary/aromatic N) is 2. The summed E-state index contributed by atoms with van der Waals surface area (Å²) in [6.07, 6.45) is 1.69. The molecule has 0 spiro atoms. The number of hydrogen-bond acceptors (Lipinski definition) is 2. The van der Waals surface area contributed by atoms with E-state index in [0.29, 0.717) is 0 Å². The summed E-state index contributed by atoms with van der Waals surface area (Å²) in [5.74, 6) is -1.32. The van der Waals surface area contributed by atoms with E-state index in [0.717, 1.165) is 15.9 Å². The van der Waals surface area contributed by atoms with Crippen LogP contribution in [0.4, 0.5) is 0 Å². The molecule has 0 amide bonds. The fraction of sp³-hybridized carbons (Fsp3) is 0.167. The molecule has 1 N–H and O–H groups in total. The van der Waals surface area contributed by atoms with Crippen LogP contribution in [-0.4, -0.2) is 20.9 Å². The Hall–Kier alpha value is -1.62. The number of carboxylic acids is 1. The van der Waals surface area contributed by atoms with Crippen molar-refractivity contribution in [3.63, 3.8) is 0 Å². The zero-order valence-corrected chi connectivity index (χ0v) is 10.8. The van der Waals surface area contributed by atoms with E-state index in [-0.39, 0.29) is 0 Å². The van der Waals surface area contributed by atoms with E-state index in [1.807, 2.05) is 30.3 Å². The molecule has 1 aromatic heterocycles. The average molecular weight is 295 g/mol. The summed E-state index contributed by atoms with van der Waals surface area (Å²) in [5.41, 5.74) is 1.67. The summed E-state index contributed by atoms with van der Waals surface area (Å²) in [4.78, 5) is 10.8. The summed E-state index contributed by atoms with van der Waals surface area (Å²) >= 11 is 3.38. The third-order valence-corrected chi connectivity index (χ3v) is 3.20. The van der Waals surface area contributed by atoms with Crippen LogP contribution in [0.2, 0.25) is 0 Å². The van der Waals surface area contributed by atoms with Gasteiger partial charge in [-0.05, 0) is 46.6 Å². The maximum atomic E-state index is 10.8. The number of carboxylic acid groups (broad SMARTS) is 1. The average Bonchev–Trinajstić information content (AvgIpc) is 2.74. The van der Waals surface area contributed by atoms with Crippen molar-refractivity contribution in [3.05, 3.63) is 46.7 Å². The molecule has 4 nitrogen and oxygen atoms in total. The van der Waals surface area contributed by atoms with Gasteiger partial charge >= 0.3 is 5.97 Å². The molecule has 0 bridgehead atoms. The fourth-order valence-corrected chi connectivity index (χ4v) is 1.94. The highest BCUT2D eigenvalue weighted by Gasteiger charge is 2.13. The van der Waals surface area contributed by atoms with E-state index in [1.165, 1.54) is 0 Å². The van der Waals surface area contributed by atoms with Crippen LogP contribution in [0.5, 0.6) is 0 Å². The molecule has 88 valence electrons. The molecule has 2 aromatic rings. The second-order valence-corrected chi connectivity index (χ2v) is 4.53. The van der Waals surface area contributed by atoms with Gasteiger partial charge in [0.05, 0.1) is 17.8 Å².